The Morgan fingerprint density at radius 2 is 1.12 bits per heavy atom. The molecule has 4 nitrogen and oxygen atoms in total. The van der Waals surface area contributed by atoms with E-state index >= 15 is 0 Å². The summed E-state index contributed by atoms with van der Waals surface area (Å²) in [5, 5.41) is 10.8. The highest BCUT2D eigenvalue weighted by molar-refractivity contribution is 6.34. The third kappa shape index (κ3) is 2.80. The fourth-order valence-corrected chi connectivity index (χ4v) is 13.8. The monoisotopic (exact) mass is 623 g/mol. The molecule has 0 N–H and O–H groups in total. The summed E-state index contributed by atoms with van der Waals surface area (Å²) < 4.78 is 9.80. The van der Waals surface area contributed by atoms with Gasteiger partial charge in [-0.2, -0.15) is 0 Å². The maximum Gasteiger partial charge on any atom is 0.145 e. The number of fused-ring (bicyclic) bond motifs is 9. The van der Waals surface area contributed by atoms with Crippen LogP contribution in [0.1, 0.15) is 110 Å². The van der Waals surface area contributed by atoms with Gasteiger partial charge in [0.05, 0.1) is 34.3 Å². The van der Waals surface area contributed by atoms with Gasteiger partial charge in [0.15, 0.2) is 0 Å². The first-order valence-corrected chi connectivity index (χ1v) is 19.0. The molecule has 8 aliphatic carbocycles. The highest BCUT2D eigenvalue weighted by atomic mass is 16.3. The zero-order valence-corrected chi connectivity index (χ0v) is 27.1. The zero-order chi connectivity index (χ0) is 30.6. The molecule has 4 saturated carbocycles. The van der Waals surface area contributed by atoms with Gasteiger partial charge in [0, 0.05) is 50.2 Å². The van der Waals surface area contributed by atoms with Gasteiger partial charge >= 0.3 is 0 Å². The molecule has 3 aromatic carbocycles. The van der Waals surface area contributed by atoms with Gasteiger partial charge < -0.3 is 8.82 Å². The number of hydrogen-bond acceptors (Lipinski definition) is 3. The standard InChI is InChI=1S/C44H37N3O/c1-3-24-4-2-6-34-35(24)29(5-1)30-17-31-38-32(18-45-41-27-13-20-7-21(14-27)10-25(9-20)36(38)41)47-33-19-46-42-28-15-22-8-23(16-28)12-26(11-22)37(42)39(33)40(43(31)47)44(30)48-34/h1-6,17-23,25-28H,7-16H2. The summed E-state index contributed by atoms with van der Waals surface area (Å²) in [7, 11) is 0. The van der Waals surface area contributed by atoms with E-state index in [0.29, 0.717) is 23.7 Å². The Kier molecular flexibility index (Phi) is 4.23. The normalized spacial score (nSPS) is 31.8. The molecule has 4 atom stereocenters. The van der Waals surface area contributed by atoms with Crippen LogP contribution in [-0.4, -0.2) is 14.4 Å². The van der Waals surface area contributed by atoms with Gasteiger partial charge in [-0.15, -0.1) is 0 Å². The molecule has 0 spiro atoms. The maximum atomic E-state index is 7.20. The summed E-state index contributed by atoms with van der Waals surface area (Å²) in [6.45, 7) is 0. The van der Waals surface area contributed by atoms with Crippen LogP contribution in [0.25, 0.3) is 70.8 Å². The van der Waals surface area contributed by atoms with Gasteiger partial charge in [-0.3, -0.25) is 9.97 Å². The van der Waals surface area contributed by atoms with Crippen LogP contribution >= 0.6 is 0 Å². The molecule has 5 aromatic heterocycles. The third-order valence-corrected chi connectivity index (χ3v) is 15.0. The van der Waals surface area contributed by atoms with Crippen molar-refractivity contribution >= 4 is 70.8 Å². The van der Waals surface area contributed by atoms with E-state index in [1.54, 1.807) is 11.1 Å². The van der Waals surface area contributed by atoms with Crippen molar-refractivity contribution in [3.05, 3.63) is 77.4 Å². The summed E-state index contributed by atoms with van der Waals surface area (Å²) >= 11 is 0. The minimum Gasteiger partial charge on any atom is -0.455 e. The van der Waals surface area contributed by atoms with Crippen molar-refractivity contribution in [1.82, 2.24) is 14.4 Å². The molecule has 0 radical (unpaired) electrons. The molecule has 8 bridgehead atoms. The van der Waals surface area contributed by atoms with E-state index in [2.05, 4.69) is 59.3 Å². The lowest BCUT2D eigenvalue weighted by atomic mass is 9.67. The Hall–Kier alpha value is -4.18. The molecule has 48 heavy (non-hydrogen) atoms. The number of benzene rings is 3. The molecular formula is C44H37N3O. The van der Waals surface area contributed by atoms with Crippen LogP contribution in [-0.2, 0) is 0 Å². The lowest BCUT2D eigenvalue weighted by Crippen LogP contribution is -2.25. The van der Waals surface area contributed by atoms with Crippen LogP contribution in [0.4, 0.5) is 0 Å². The summed E-state index contributed by atoms with van der Waals surface area (Å²) in [4.78, 5) is 10.9. The number of rotatable bonds is 0. The molecule has 8 aliphatic rings. The number of pyridine rings is 2. The number of nitrogens with zero attached hydrogens (tertiary/aromatic N) is 3. The highest BCUT2D eigenvalue weighted by Crippen LogP contribution is 2.61. The molecular weight excluding hydrogens is 587 g/mol. The summed E-state index contributed by atoms with van der Waals surface area (Å²) in [5.41, 5.74) is 12.0. The lowest BCUT2D eigenvalue weighted by molar-refractivity contribution is 0.165. The summed E-state index contributed by atoms with van der Waals surface area (Å²) in [6.07, 6.45) is 18.1. The first-order valence-electron chi connectivity index (χ1n) is 19.0. The minimum absolute atomic E-state index is 0.597. The molecule has 4 heteroatoms. The Labute approximate surface area is 277 Å². The van der Waals surface area contributed by atoms with Crippen LogP contribution in [0, 0.1) is 23.7 Å². The first-order chi connectivity index (χ1) is 23.7. The van der Waals surface area contributed by atoms with Crippen LogP contribution in [0.3, 0.4) is 0 Å². The Morgan fingerprint density at radius 3 is 1.79 bits per heavy atom. The molecule has 5 heterocycles. The smallest absolute Gasteiger partial charge is 0.145 e. The van der Waals surface area contributed by atoms with Gasteiger partial charge in [-0.05, 0) is 134 Å². The molecule has 0 aliphatic heterocycles. The summed E-state index contributed by atoms with van der Waals surface area (Å²) in [6, 6.07) is 15.9. The Morgan fingerprint density at radius 1 is 0.542 bits per heavy atom. The fourth-order valence-electron chi connectivity index (χ4n) is 13.8. The second kappa shape index (κ2) is 8.16. The van der Waals surface area contributed by atoms with Gasteiger partial charge in [-0.1, -0.05) is 30.3 Å². The number of hydrogen-bond donors (Lipinski definition) is 0. The van der Waals surface area contributed by atoms with E-state index in [1.165, 1.54) is 135 Å². The van der Waals surface area contributed by atoms with Gasteiger partial charge in [0.25, 0.3) is 0 Å². The van der Waals surface area contributed by atoms with Crippen molar-refractivity contribution in [3.8, 4) is 0 Å². The average Bonchev–Trinajstić information content (AvgIpc) is 3.48. The van der Waals surface area contributed by atoms with Gasteiger partial charge in [0.2, 0.25) is 0 Å². The first kappa shape index (κ1) is 24.9. The maximum absolute atomic E-state index is 7.20. The second-order valence-corrected chi connectivity index (χ2v) is 17.4. The Balaban J connectivity index is 1.24. The molecule has 0 amide bonds. The van der Waals surface area contributed by atoms with Crippen LogP contribution in [0.5, 0.6) is 0 Å². The predicted molar refractivity (Wildman–Crippen MR) is 193 cm³/mol. The topological polar surface area (TPSA) is 43.3 Å². The number of aromatic nitrogens is 3. The van der Waals surface area contributed by atoms with E-state index in [0.717, 1.165) is 34.8 Å². The van der Waals surface area contributed by atoms with E-state index in [-0.39, 0.29) is 0 Å². The van der Waals surface area contributed by atoms with Crippen molar-refractivity contribution in [2.24, 2.45) is 23.7 Å². The zero-order valence-electron chi connectivity index (χ0n) is 27.1. The van der Waals surface area contributed by atoms with Gasteiger partial charge in [0.1, 0.15) is 11.2 Å². The molecule has 4 unspecified atom stereocenters. The molecule has 8 aromatic rings. The van der Waals surface area contributed by atoms with Crippen molar-refractivity contribution in [2.75, 3.05) is 0 Å². The highest BCUT2D eigenvalue weighted by Gasteiger charge is 2.46. The molecule has 4 fully saturated rings. The average molecular weight is 624 g/mol. The SMILES string of the molecule is c1cc2cccc3c4cc5c6c7c(ncc6n6c8cnc9c(c8c(c4oc(c1)c23)c56)C1CC2CC(CC9C2)C1)C1CC2CC(C1)CC7C2. The fraction of sp³-hybridized carbons (Fsp3) is 0.409. The second-order valence-electron chi connectivity index (χ2n) is 17.4. The molecule has 234 valence electrons. The molecule has 0 saturated heterocycles. The minimum atomic E-state index is 0.597. The Bertz CT molecular complexity index is 2730. The van der Waals surface area contributed by atoms with E-state index in [1.807, 2.05) is 0 Å². The molecule has 16 rings (SSSR count). The van der Waals surface area contributed by atoms with Gasteiger partial charge in [-0.25, -0.2) is 0 Å². The lowest BCUT2D eigenvalue weighted by Gasteiger charge is -2.38. The van der Waals surface area contributed by atoms with E-state index < -0.39 is 0 Å². The van der Waals surface area contributed by atoms with Crippen molar-refractivity contribution in [3.63, 3.8) is 0 Å². The third-order valence-electron chi connectivity index (χ3n) is 15.0. The van der Waals surface area contributed by atoms with E-state index in [9.17, 15) is 0 Å². The van der Waals surface area contributed by atoms with Crippen molar-refractivity contribution in [2.45, 2.75) is 87.9 Å². The predicted octanol–water partition coefficient (Wildman–Crippen LogP) is 11.5. The van der Waals surface area contributed by atoms with Crippen molar-refractivity contribution < 1.29 is 4.42 Å². The largest absolute Gasteiger partial charge is 0.455 e. The van der Waals surface area contributed by atoms with Crippen LogP contribution in [0.15, 0.2) is 59.3 Å². The van der Waals surface area contributed by atoms with Crippen LogP contribution < -0.4 is 0 Å². The summed E-state index contributed by atoms with van der Waals surface area (Å²) in [5.74, 6) is 5.90. The van der Waals surface area contributed by atoms with Crippen molar-refractivity contribution in [1.29, 1.82) is 0 Å². The van der Waals surface area contributed by atoms with Crippen LogP contribution in [0.2, 0.25) is 0 Å². The quantitative estimate of drug-likeness (QED) is 0.125. The van der Waals surface area contributed by atoms with E-state index in [4.69, 9.17) is 14.4 Å².